The van der Waals surface area contributed by atoms with Crippen molar-refractivity contribution in [3.8, 4) is 0 Å². The highest BCUT2D eigenvalue weighted by Gasteiger charge is 2.71. The van der Waals surface area contributed by atoms with E-state index in [0.29, 0.717) is 29.8 Å². The van der Waals surface area contributed by atoms with Crippen LogP contribution >= 0.6 is 0 Å². The van der Waals surface area contributed by atoms with Crippen LogP contribution in [0.4, 0.5) is 32.0 Å². The Balaban J connectivity index is 1.96. The predicted molar refractivity (Wildman–Crippen MR) is 120 cm³/mol. The highest BCUT2D eigenvalue weighted by atomic mass is 32.2. The number of halogens is 6. The van der Waals surface area contributed by atoms with Crippen LogP contribution in [-0.2, 0) is 31.6 Å². The number of amides is 2. The molecule has 1 unspecified atom stereocenters. The first kappa shape index (κ1) is 29.4. The fraction of sp³-hybridized carbons (Fsp3) is 0.391. The molecule has 0 radical (unpaired) electrons. The molecule has 38 heavy (non-hydrogen) atoms. The summed E-state index contributed by atoms with van der Waals surface area (Å²) < 4.78 is 103. The number of fused-ring (bicyclic) bond motifs is 1. The molecule has 1 heterocycles. The van der Waals surface area contributed by atoms with Gasteiger partial charge >= 0.3 is 12.4 Å². The summed E-state index contributed by atoms with van der Waals surface area (Å²) in [6.07, 6.45) is -12.7. The minimum Gasteiger partial charge on any atom is -0.383 e. The standard InChI is InChI=1S/C23H22F6N2O6S/c1-3-17(32)20(34)31-11-12-10-15(38(2,36)37)8-9-16(12)18(31)19(33)30-14-6-4-13(5-7-14)21(35,22(24,25)26)23(27,28)29/h4-10,17-18,32,35H,3,11H2,1-2H3,(H,30,33)/t17-,18?/m1/s1. The van der Waals surface area contributed by atoms with Crippen LogP contribution in [0.15, 0.2) is 47.4 Å². The third kappa shape index (κ3) is 5.22. The van der Waals surface area contributed by atoms with Gasteiger partial charge in [-0.2, -0.15) is 26.3 Å². The van der Waals surface area contributed by atoms with Gasteiger partial charge in [-0.25, -0.2) is 8.42 Å². The molecule has 0 fully saturated rings. The fourth-order valence-electron chi connectivity index (χ4n) is 4.01. The smallest absolute Gasteiger partial charge is 0.383 e. The number of rotatable bonds is 6. The van der Waals surface area contributed by atoms with Gasteiger partial charge in [-0.1, -0.05) is 25.1 Å². The number of nitrogens with one attached hydrogen (secondary N) is 1. The molecule has 0 aliphatic carbocycles. The Hall–Kier alpha value is -3.17. The second-order valence-corrected chi connectivity index (χ2v) is 10.7. The van der Waals surface area contributed by atoms with Crippen molar-refractivity contribution in [1.29, 1.82) is 0 Å². The normalized spacial score (nSPS) is 17.2. The summed E-state index contributed by atoms with van der Waals surface area (Å²) in [6, 6.07) is 4.51. The summed E-state index contributed by atoms with van der Waals surface area (Å²) in [5.74, 6) is -1.78. The van der Waals surface area contributed by atoms with E-state index in [0.717, 1.165) is 11.2 Å². The number of aliphatic hydroxyl groups excluding tert-OH is 1. The molecule has 208 valence electrons. The molecule has 0 bridgehead atoms. The SMILES string of the molecule is CC[C@@H](O)C(=O)N1Cc2cc(S(C)(=O)=O)ccc2C1C(=O)Nc1ccc(C(O)(C(F)(F)F)C(F)(F)F)cc1. The number of carbonyl (C=O) groups excluding carboxylic acids is 2. The van der Waals surface area contributed by atoms with Crippen molar-refractivity contribution in [2.24, 2.45) is 0 Å². The average Bonchev–Trinajstić information content (AvgIpc) is 3.20. The van der Waals surface area contributed by atoms with E-state index in [-0.39, 0.29) is 29.1 Å². The summed E-state index contributed by atoms with van der Waals surface area (Å²) in [5, 5.41) is 21.9. The number of carbonyl (C=O) groups is 2. The zero-order valence-electron chi connectivity index (χ0n) is 19.8. The van der Waals surface area contributed by atoms with Gasteiger partial charge in [0.1, 0.15) is 12.1 Å². The lowest BCUT2D eigenvalue weighted by Crippen LogP contribution is -2.53. The van der Waals surface area contributed by atoms with Crippen molar-refractivity contribution < 1.29 is 54.6 Å². The third-order valence-electron chi connectivity index (χ3n) is 6.08. The largest absolute Gasteiger partial charge is 0.430 e. The molecule has 2 atom stereocenters. The van der Waals surface area contributed by atoms with Crippen LogP contribution < -0.4 is 5.32 Å². The summed E-state index contributed by atoms with van der Waals surface area (Å²) in [6.45, 7) is 1.27. The van der Waals surface area contributed by atoms with Gasteiger partial charge < -0.3 is 20.4 Å². The van der Waals surface area contributed by atoms with E-state index >= 15 is 0 Å². The molecule has 0 spiro atoms. The molecular formula is C23H22F6N2O6S. The van der Waals surface area contributed by atoms with Crippen LogP contribution in [0.2, 0.25) is 0 Å². The summed E-state index contributed by atoms with van der Waals surface area (Å²) in [5.41, 5.74) is -6.43. The molecule has 3 N–H and O–H groups in total. The Morgan fingerprint density at radius 2 is 1.61 bits per heavy atom. The van der Waals surface area contributed by atoms with E-state index in [2.05, 4.69) is 5.32 Å². The topological polar surface area (TPSA) is 124 Å². The number of hydrogen-bond acceptors (Lipinski definition) is 6. The number of anilines is 1. The lowest BCUT2D eigenvalue weighted by molar-refractivity contribution is -0.376. The van der Waals surface area contributed by atoms with Crippen molar-refractivity contribution in [1.82, 2.24) is 4.90 Å². The van der Waals surface area contributed by atoms with E-state index in [9.17, 15) is 54.6 Å². The van der Waals surface area contributed by atoms with Gasteiger partial charge in [0.05, 0.1) is 4.90 Å². The van der Waals surface area contributed by atoms with Crippen LogP contribution in [0.5, 0.6) is 0 Å². The third-order valence-corrected chi connectivity index (χ3v) is 7.19. The van der Waals surface area contributed by atoms with Crippen LogP contribution in [0.1, 0.15) is 36.1 Å². The van der Waals surface area contributed by atoms with Crippen molar-refractivity contribution in [2.45, 2.75) is 54.9 Å². The quantitative estimate of drug-likeness (QED) is 0.460. The number of nitrogens with zero attached hydrogens (tertiary/aromatic N) is 1. The van der Waals surface area contributed by atoms with E-state index in [4.69, 9.17) is 0 Å². The molecular weight excluding hydrogens is 546 g/mol. The Morgan fingerprint density at radius 1 is 1.05 bits per heavy atom. The second kappa shape index (κ2) is 9.85. The van der Waals surface area contributed by atoms with E-state index in [1.807, 2.05) is 0 Å². The Kier molecular flexibility index (Phi) is 7.62. The van der Waals surface area contributed by atoms with Gasteiger partial charge in [-0.15, -0.1) is 0 Å². The number of sulfone groups is 1. The molecule has 1 aliphatic rings. The first-order valence-electron chi connectivity index (χ1n) is 10.9. The number of hydrogen-bond donors (Lipinski definition) is 3. The zero-order valence-corrected chi connectivity index (χ0v) is 20.6. The van der Waals surface area contributed by atoms with Crippen LogP contribution in [0.3, 0.4) is 0 Å². The maximum atomic E-state index is 13.2. The van der Waals surface area contributed by atoms with Crippen LogP contribution in [0.25, 0.3) is 0 Å². The summed E-state index contributed by atoms with van der Waals surface area (Å²) in [4.78, 5) is 26.8. The molecule has 2 aromatic carbocycles. The van der Waals surface area contributed by atoms with Crippen molar-refractivity contribution in [3.05, 3.63) is 59.2 Å². The monoisotopic (exact) mass is 568 g/mol. The van der Waals surface area contributed by atoms with Crippen molar-refractivity contribution >= 4 is 27.3 Å². The zero-order chi connectivity index (χ0) is 28.8. The maximum Gasteiger partial charge on any atom is 0.430 e. The molecule has 3 rings (SSSR count). The van der Waals surface area contributed by atoms with E-state index < -0.39 is 57.3 Å². The van der Waals surface area contributed by atoms with Gasteiger partial charge in [0.2, 0.25) is 0 Å². The summed E-state index contributed by atoms with van der Waals surface area (Å²) in [7, 11) is -3.64. The predicted octanol–water partition coefficient (Wildman–Crippen LogP) is 3.20. The molecule has 0 saturated heterocycles. The molecule has 0 aromatic heterocycles. The van der Waals surface area contributed by atoms with Gasteiger partial charge in [-0.3, -0.25) is 9.59 Å². The lowest BCUT2D eigenvalue weighted by Gasteiger charge is -2.32. The second-order valence-electron chi connectivity index (χ2n) is 8.70. The molecule has 15 heteroatoms. The van der Waals surface area contributed by atoms with E-state index in [1.165, 1.54) is 25.1 Å². The maximum absolute atomic E-state index is 13.2. The first-order chi connectivity index (χ1) is 17.3. The Labute approximate surface area is 212 Å². The summed E-state index contributed by atoms with van der Waals surface area (Å²) >= 11 is 0. The van der Waals surface area contributed by atoms with Gasteiger partial charge in [0, 0.05) is 24.1 Å². The molecule has 1 aliphatic heterocycles. The minimum absolute atomic E-state index is 0.00259. The average molecular weight is 568 g/mol. The Bertz CT molecular complexity index is 1330. The minimum atomic E-state index is -6.09. The van der Waals surface area contributed by atoms with Gasteiger partial charge in [-0.05, 0) is 41.8 Å². The molecule has 0 saturated carbocycles. The first-order valence-corrected chi connectivity index (χ1v) is 12.8. The molecule has 2 amide bonds. The van der Waals surface area contributed by atoms with Gasteiger partial charge in [0.15, 0.2) is 9.84 Å². The highest BCUT2D eigenvalue weighted by molar-refractivity contribution is 7.90. The molecule has 2 aromatic rings. The number of aliphatic hydroxyl groups is 2. The highest BCUT2D eigenvalue weighted by Crippen LogP contribution is 2.50. The van der Waals surface area contributed by atoms with Crippen molar-refractivity contribution in [2.75, 3.05) is 11.6 Å². The number of benzene rings is 2. The van der Waals surface area contributed by atoms with E-state index in [1.54, 1.807) is 0 Å². The van der Waals surface area contributed by atoms with Crippen LogP contribution in [0, 0.1) is 0 Å². The van der Waals surface area contributed by atoms with Gasteiger partial charge in [0.25, 0.3) is 17.4 Å². The fourth-order valence-corrected chi connectivity index (χ4v) is 4.68. The Morgan fingerprint density at radius 3 is 2.08 bits per heavy atom. The van der Waals surface area contributed by atoms with Crippen LogP contribution in [-0.4, -0.2) is 60.1 Å². The van der Waals surface area contributed by atoms with Crippen molar-refractivity contribution in [3.63, 3.8) is 0 Å². The molecule has 8 nitrogen and oxygen atoms in total. The lowest BCUT2D eigenvalue weighted by atomic mass is 9.92. The number of alkyl halides is 6.